The summed E-state index contributed by atoms with van der Waals surface area (Å²) in [5.41, 5.74) is 4.90. The molecular formula is C9H17N3O5. The standard InChI is InChI=1S/C9H17N3O5/c10-7(14)2-1-4-11-9(17)12-5-3-6(13)8(15)16/h6,13H,1-5H2,(H2,10,14)(H,15,16)(H2,11,12,17). The van der Waals surface area contributed by atoms with Crippen molar-refractivity contribution >= 4 is 17.9 Å². The Kier molecular flexibility index (Phi) is 7.44. The molecule has 98 valence electrons. The van der Waals surface area contributed by atoms with Gasteiger partial charge < -0.3 is 26.6 Å². The number of carboxylic acids is 1. The summed E-state index contributed by atoms with van der Waals surface area (Å²) < 4.78 is 0. The first-order valence-electron chi connectivity index (χ1n) is 5.14. The van der Waals surface area contributed by atoms with E-state index < -0.39 is 24.0 Å². The Morgan fingerprint density at radius 3 is 2.29 bits per heavy atom. The van der Waals surface area contributed by atoms with Crippen LogP contribution in [0, 0.1) is 0 Å². The Bertz CT molecular complexity index is 282. The summed E-state index contributed by atoms with van der Waals surface area (Å²) in [7, 11) is 0. The van der Waals surface area contributed by atoms with E-state index in [1.165, 1.54) is 0 Å². The molecule has 8 nitrogen and oxygen atoms in total. The number of carbonyl (C=O) groups excluding carboxylic acids is 2. The number of rotatable bonds is 8. The van der Waals surface area contributed by atoms with Gasteiger partial charge in [-0.2, -0.15) is 0 Å². The number of primary amides is 1. The molecule has 1 unspecified atom stereocenters. The maximum Gasteiger partial charge on any atom is 0.332 e. The molecule has 0 aromatic heterocycles. The Labute approximate surface area is 98.2 Å². The number of urea groups is 1. The lowest BCUT2D eigenvalue weighted by Crippen LogP contribution is -2.38. The largest absolute Gasteiger partial charge is 0.479 e. The average molecular weight is 247 g/mol. The van der Waals surface area contributed by atoms with Crippen LogP contribution in [-0.2, 0) is 9.59 Å². The first-order valence-corrected chi connectivity index (χ1v) is 5.14. The molecule has 1 atom stereocenters. The molecule has 0 aromatic carbocycles. The molecule has 17 heavy (non-hydrogen) atoms. The average Bonchev–Trinajstić information content (AvgIpc) is 2.23. The molecule has 0 aliphatic rings. The first kappa shape index (κ1) is 15.2. The number of aliphatic hydroxyl groups excluding tert-OH is 1. The lowest BCUT2D eigenvalue weighted by atomic mass is 10.2. The van der Waals surface area contributed by atoms with Crippen LogP contribution in [0.1, 0.15) is 19.3 Å². The van der Waals surface area contributed by atoms with E-state index in [1.54, 1.807) is 0 Å². The number of aliphatic carboxylic acids is 1. The van der Waals surface area contributed by atoms with Crippen LogP contribution in [0.3, 0.4) is 0 Å². The van der Waals surface area contributed by atoms with Gasteiger partial charge in [0, 0.05) is 25.9 Å². The Hall–Kier alpha value is -1.83. The molecule has 0 radical (unpaired) electrons. The van der Waals surface area contributed by atoms with Crippen molar-refractivity contribution in [3.8, 4) is 0 Å². The summed E-state index contributed by atoms with van der Waals surface area (Å²) in [5, 5.41) is 22.1. The molecule has 0 bridgehead atoms. The van der Waals surface area contributed by atoms with Crippen LogP contribution in [0.2, 0.25) is 0 Å². The van der Waals surface area contributed by atoms with Gasteiger partial charge in [-0.05, 0) is 6.42 Å². The van der Waals surface area contributed by atoms with E-state index in [1.807, 2.05) is 0 Å². The Balaban J connectivity index is 3.47. The van der Waals surface area contributed by atoms with Gasteiger partial charge in [0.1, 0.15) is 0 Å². The number of amides is 3. The SMILES string of the molecule is NC(=O)CCCNC(=O)NCCC(O)C(=O)O. The number of hydrogen-bond donors (Lipinski definition) is 5. The van der Waals surface area contributed by atoms with Crippen molar-refractivity contribution in [2.45, 2.75) is 25.4 Å². The summed E-state index contributed by atoms with van der Waals surface area (Å²) in [5.74, 6) is -1.76. The molecule has 3 amide bonds. The molecular weight excluding hydrogens is 230 g/mol. The topological polar surface area (TPSA) is 142 Å². The fraction of sp³-hybridized carbons (Fsp3) is 0.667. The molecule has 0 aliphatic carbocycles. The third-order valence-corrected chi connectivity index (χ3v) is 1.87. The molecule has 0 spiro atoms. The Morgan fingerprint density at radius 2 is 1.76 bits per heavy atom. The van der Waals surface area contributed by atoms with Gasteiger partial charge in [-0.15, -0.1) is 0 Å². The van der Waals surface area contributed by atoms with Gasteiger partial charge in [-0.1, -0.05) is 0 Å². The van der Waals surface area contributed by atoms with Crippen molar-refractivity contribution in [1.29, 1.82) is 0 Å². The molecule has 0 fully saturated rings. The summed E-state index contributed by atoms with van der Waals surface area (Å²) in [6.07, 6.45) is -0.909. The van der Waals surface area contributed by atoms with Crippen molar-refractivity contribution in [2.75, 3.05) is 13.1 Å². The zero-order valence-electron chi connectivity index (χ0n) is 9.31. The molecule has 0 heterocycles. The van der Waals surface area contributed by atoms with Gasteiger partial charge in [0.25, 0.3) is 0 Å². The van der Waals surface area contributed by atoms with Crippen LogP contribution in [0.5, 0.6) is 0 Å². The van der Waals surface area contributed by atoms with Crippen molar-refractivity contribution in [2.24, 2.45) is 5.73 Å². The second-order valence-electron chi connectivity index (χ2n) is 3.40. The van der Waals surface area contributed by atoms with Crippen LogP contribution >= 0.6 is 0 Å². The minimum absolute atomic E-state index is 0.0507. The monoisotopic (exact) mass is 247 g/mol. The lowest BCUT2D eigenvalue weighted by Gasteiger charge is -2.08. The summed E-state index contributed by atoms with van der Waals surface area (Å²) in [6.45, 7) is 0.353. The Morgan fingerprint density at radius 1 is 1.18 bits per heavy atom. The fourth-order valence-corrected chi connectivity index (χ4v) is 0.973. The smallest absolute Gasteiger partial charge is 0.332 e. The minimum atomic E-state index is -1.48. The highest BCUT2D eigenvalue weighted by atomic mass is 16.4. The predicted molar refractivity (Wildman–Crippen MR) is 58.1 cm³/mol. The quantitative estimate of drug-likeness (QED) is 0.328. The third-order valence-electron chi connectivity index (χ3n) is 1.87. The third kappa shape index (κ3) is 9.12. The summed E-state index contributed by atoms with van der Waals surface area (Å²) in [6, 6.07) is -0.480. The molecule has 0 aromatic rings. The number of hydrogen-bond acceptors (Lipinski definition) is 4. The van der Waals surface area contributed by atoms with Crippen LogP contribution < -0.4 is 16.4 Å². The van der Waals surface area contributed by atoms with Crippen molar-refractivity contribution < 1.29 is 24.6 Å². The van der Waals surface area contributed by atoms with Gasteiger partial charge in [-0.3, -0.25) is 4.79 Å². The van der Waals surface area contributed by atoms with Crippen LogP contribution in [0.15, 0.2) is 0 Å². The van der Waals surface area contributed by atoms with Gasteiger partial charge in [0.15, 0.2) is 6.10 Å². The first-order chi connectivity index (χ1) is 7.93. The molecule has 0 saturated heterocycles. The van der Waals surface area contributed by atoms with Crippen LogP contribution in [0.25, 0.3) is 0 Å². The zero-order valence-corrected chi connectivity index (χ0v) is 9.31. The van der Waals surface area contributed by atoms with E-state index in [2.05, 4.69) is 10.6 Å². The molecule has 0 saturated carbocycles. The number of carbonyl (C=O) groups is 3. The van der Waals surface area contributed by atoms with Gasteiger partial charge in [-0.25, -0.2) is 9.59 Å². The number of nitrogens with two attached hydrogens (primary N) is 1. The van der Waals surface area contributed by atoms with Crippen molar-refractivity contribution in [1.82, 2.24) is 10.6 Å². The molecule has 0 rings (SSSR count). The predicted octanol–water partition coefficient (Wildman–Crippen LogP) is -1.61. The minimum Gasteiger partial charge on any atom is -0.479 e. The van der Waals surface area contributed by atoms with Crippen LogP contribution in [-0.4, -0.2) is 47.3 Å². The molecule has 8 heteroatoms. The van der Waals surface area contributed by atoms with Crippen molar-refractivity contribution in [3.63, 3.8) is 0 Å². The highest BCUT2D eigenvalue weighted by Crippen LogP contribution is 1.89. The molecule has 0 aliphatic heterocycles. The number of carboxylic acid groups (broad SMARTS) is 1. The van der Waals surface area contributed by atoms with E-state index in [0.29, 0.717) is 13.0 Å². The van der Waals surface area contributed by atoms with Gasteiger partial charge >= 0.3 is 12.0 Å². The van der Waals surface area contributed by atoms with Crippen LogP contribution in [0.4, 0.5) is 4.79 Å². The number of nitrogens with one attached hydrogen (secondary N) is 2. The molecule has 6 N–H and O–H groups in total. The van der Waals surface area contributed by atoms with Gasteiger partial charge in [0.2, 0.25) is 5.91 Å². The van der Waals surface area contributed by atoms with E-state index in [-0.39, 0.29) is 19.4 Å². The van der Waals surface area contributed by atoms with E-state index >= 15 is 0 Å². The lowest BCUT2D eigenvalue weighted by molar-refractivity contribution is -0.146. The normalized spacial score (nSPS) is 11.6. The fourth-order valence-electron chi connectivity index (χ4n) is 0.973. The van der Waals surface area contributed by atoms with E-state index in [4.69, 9.17) is 15.9 Å². The van der Waals surface area contributed by atoms with E-state index in [0.717, 1.165) is 0 Å². The second kappa shape index (κ2) is 8.34. The highest BCUT2D eigenvalue weighted by Gasteiger charge is 2.12. The maximum absolute atomic E-state index is 11.1. The number of aliphatic hydroxyl groups is 1. The van der Waals surface area contributed by atoms with Gasteiger partial charge in [0.05, 0.1) is 0 Å². The maximum atomic E-state index is 11.1. The van der Waals surface area contributed by atoms with Crippen molar-refractivity contribution in [3.05, 3.63) is 0 Å². The second-order valence-corrected chi connectivity index (χ2v) is 3.40. The summed E-state index contributed by atoms with van der Waals surface area (Å²) in [4.78, 5) is 31.7. The zero-order chi connectivity index (χ0) is 13.3. The summed E-state index contributed by atoms with van der Waals surface area (Å²) >= 11 is 0. The van der Waals surface area contributed by atoms with E-state index in [9.17, 15) is 14.4 Å². The highest BCUT2D eigenvalue weighted by molar-refractivity contribution is 5.75.